The van der Waals surface area contributed by atoms with Crippen molar-refractivity contribution in [2.75, 3.05) is 72.2 Å². The van der Waals surface area contributed by atoms with Crippen molar-refractivity contribution in [3.8, 4) is 0 Å². The van der Waals surface area contributed by atoms with Gasteiger partial charge in [-0.2, -0.15) is 0 Å². The number of nitrogens with one attached hydrogen (secondary N) is 9. The molecular weight excluding hydrogens is 959 g/mol. The van der Waals surface area contributed by atoms with E-state index in [1.807, 2.05) is 19.0 Å². The van der Waals surface area contributed by atoms with Crippen molar-refractivity contribution in [3.05, 3.63) is 102 Å². The van der Waals surface area contributed by atoms with Gasteiger partial charge in [0.1, 0.15) is 28.5 Å². The Balaban J connectivity index is 0.921. The van der Waals surface area contributed by atoms with Gasteiger partial charge in [-0.25, -0.2) is 4.98 Å². The lowest BCUT2D eigenvalue weighted by molar-refractivity contribution is -0.121. The molecule has 392 valence electrons. The number of rotatable bonds is 22. The van der Waals surface area contributed by atoms with Gasteiger partial charge in [-0.1, -0.05) is 0 Å². The fourth-order valence-electron chi connectivity index (χ4n) is 7.64. The Hall–Kier alpha value is -9.20. The zero-order valence-electron chi connectivity index (χ0n) is 42.6. The van der Waals surface area contributed by atoms with E-state index in [1.54, 1.807) is 82.4 Å². The van der Waals surface area contributed by atoms with E-state index in [2.05, 4.69) is 52.8 Å². The van der Waals surface area contributed by atoms with E-state index in [0.717, 1.165) is 0 Å². The molecule has 0 aliphatic carbocycles. The van der Waals surface area contributed by atoms with Gasteiger partial charge < -0.3 is 80.2 Å². The van der Waals surface area contributed by atoms with E-state index < -0.39 is 35.4 Å². The van der Waals surface area contributed by atoms with E-state index in [1.165, 1.54) is 61.7 Å². The quantitative estimate of drug-likeness (QED) is 0.0443. The molecule has 6 rings (SSSR count). The van der Waals surface area contributed by atoms with Crippen LogP contribution in [0.1, 0.15) is 89.2 Å². The molecule has 26 heteroatoms. The summed E-state index contributed by atoms with van der Waals surface area (Å²) in [5.41, 5.74) is 2.91. The minimum Gasteiger partial charge on any atom is -0.355 e. The van der Waals surface area contributed by atoms with Crippen LogP contribution in [0, 0.1) is 0 Å². The molecule has 0 atom stereocenters. The molecule has 9 N–H and O–H groups in total. The number of nitrogens with zero attached hydrogens (tertiary/aromatic N) is 8. The van der Waals surface area contributed by atoms with Crippen molar-refractivity contribution >= 4 is 87.4 Å². The average Bonchev–Trinajstić information content (AvgIpc) is 4.18. The molecule has 0 unspecified atom stereocenters. The van der Waals surface area contributed by atoms with E-state index >= 15 is 0 Å². The van der Waals surface area contributed by atoms with Gasteiger partial charge in [0.15, 0.2) is 5.82 Å². The molecular formula is C48H61N17O9. The van der Waals surface area contributed by atoms with Crippen LogP contribution in [0.2, 0.25) is 0 Å². The highest BCUT2D eigenvalue weighted by molar-refractivity contribution is 6.09. The van der Waals surface area contributed by atoms with E-state index in [4.69, 9.17) is 0 Å². The number of amides is 9. The second-order valence-corrected chi connectivity index (χ2v) is 17.7. The second kappa shape index (κ2) is 23.8. The Morgan fingerprint density at radius 3 is 1.24 bits per heavy atom. The molecule has 9 amide bonds. The number of likely N-dealkylation sites (N-methyl/N-ethyl adjacent to an activating group) is 1. The highest BCUT2D eigenvalue weighted by Gasteiger charge is 2.22. The van der Waals surface area contributed by atoms with Gasteiger partial charge in [-0.3, -0.25) is 43.2 Å². The van der Waals surface area contributed by atoms with E-state index in [9.17, 15) is 43.2 Å². The van der Waals surface area contributed by atoms with Crippen LogP contribution in [-0.4, -0.2) is 131 Å². The van der Waals surface area contributed by atoms with Crippen LogP contribution in [0.25, 0.3) is 0 Å². The number of aromatic nitrogens is 7. The molecule has 6 aromatic rings. The third kappa shape index (κ3) is 14.2. The maximum absolute atomic E-state index is 13.3. The van der Waals surface area contributed by atoms with Gasteiger partial charge in [-0.05, 0) is 50.8 Å². The van der Waals surface area contributed by atoms with Crippen molar-refractivity contribution in [3.63, 3.8) is 0 Å². The van der Waals surface area contributed by atoms with Gasteiger partial charge in [0.25, 0.3) is 35.4 Å². The van der Waals surface area contributed by atoms with Crippen molar-refractivity contribution in [1.82, 2.24) is 53.2 Å². The highest BCUT2D eigenvalue weighted by atomic mass is 16.2. The fourth-order valence-corrected chi connectivity index (χ4v) is 7.64. The Morgan fingerprint density at radius 2 is 0.824 bits per heavy atom. The lowest BCUT2D eigenvalue weighted by Gasteiger charge is -2.10. The maximum Gasteiger partial charge on any atom is 0.291 e. The van der Waals surface area contributed by atoms with Crippen LogP contribution < -0.4 is 47.9 Å². The molecule has 0 fully saturated rings. The maximum atomic E-state index is 13.3. The molecule has 26 nitrogen and oxygen atoms in total. The summed E-state index contributed by atoms with van der Waals surface area (Å²) in [4.78, 5) is 121. The topological polar surface area (TPSA) is 308 Å². The van der Waals surface area contributed by atoms with Gasteiger partial charge in [0, 0.05) is 125 Å². The van der Waals surface area contributed by atoms with Crippen molar-refractivity contribution in [2.24, 2.45) is 42.3 Å². The molecule has 74 heavy (non-hydrogen) atoms. The number of anilines is 6. The van der Waals surface area contributed by atoms with Gasteiger partial charge in [0.05, 0.1) is 28.4 Å². The average molecular weight is 1020 g/mol. The predicted molar refractivity (Wildman–Crippen MR) is 275 cm³/mol. The van der Waals surface area contributed by atoms with Crippen molar-refractivity contribution in [2.45, 2.75) is 26.2 Å². The molecule has 0 radical (unpaired) electrons. The number of hydrogen-bond donors (Lipinski definition) is 9. The Labute approximate surface area is 425 Å². The SMILES string of the molecule is CC(=O)Nc1cn(C)c(C(=O)Nc2cc(C(=O)Nc3cc(C(=O)NCCCC(=O)Nc4cc(C(=O)Nc5cc(C(=O)Nc6cc(C(=O)NCCC(=O)NCCN(C)C)n(C)c6)n(C)c5)n(C)c4)n(C)c3)n(C)c2)n1. The third-order valence-electron chi connectivity index (χ3n) is 11.3. The van der Waals surface area contributed by atoms with E-state index in [0.29, 0.717) is 47.9 Å². The molecule has 0 spiro atoms. The molecule has 0 saturated heterocycles. The molecule has 0 aromatic carbocycles. The van der Waals surface area contributed by atoms with Crippen LogP contribution in [0.15, 0.2) is 67.5 Å². The lowest BCUT2D eigenvalue weighted by atomic mass is 10.2. The molecule has 0 aliphatic rings. The first-order valence-electron chi connectivity index (χ1n) is 23.2. The first-order valence-corrected chi connectivity index (χ1v) is 23.2. The number of aryl methyl sites for hydroxylation is 6. The third-order valence-corrected chi connectivity index (χ3v) is 11.3. The summed E-state index contributed by atoms with van der Waals surface area (Å²) in [5.74, 6) is -3.50. The standard InChI is InChI=1S/C48H61N17O9/c1-28(66)52-39-27-65(9)42(58-39)48(74)57-33-21-38(64(8)26-33)47(73)54-30-18-34(60(4)23-30)43(69)50-13-10-11-41(68)53-29-17-36(62(6)22-29)45(71)56-32-20-37(63(7)25-32)46(72)55-31-19-35(61(5)24-31)44(70)51-14-12-40(67)49-15-16-59(2)3/h17-27H,10-16H2,1-9H3,(H,49,67)(H,50,69)(H,51,70)(H,52,66)(H,53,68)(H,54,73)(H,55,72)(H,56,71)(H,57,74). The summed E-state index contributed by atoms with van der Waals surface area (Å²) in [7, 11) is 13.6. The molecule has 6 heterocycles. The normalized spacial score (nSPS) is 10.9. The minimum atomic E-state index is -0.556. The van der Waals surface area contributed by atoms with Gasteiger partial charge in [-0.15, -0.1) is 0 Å². The minimum absolute atomic E-state index is 0.0408. The monoisotopic (exact) mass is 1020 g/mol. The van der Waals surface area contributed by atoms with Crippen molar-refractivity contribution in [1.29, 1.82) is 0 Å². The number of imidazole rings is 1. The molecule has 0 bridgehead atoms. The van der Waals surface area contributed by atoms with Crippen LogP contribution in [-0.2, 0) is 56.7 Å². The zero-order chi connectivity index (χ0) is 54.0. The smallest absolute Gasteiger partial charge is 0.291 e. The Morgan fingerprint density at radius 1 is 0.432 bits per heavy atom. The van der Waals surface area contributed by atoms with Gasteiger partial charge in [0.2, 0.25) is 23.5 Å². The number of carbonyl (C=O) groups is 9. The first-order chi connectivity index (χ1) is 35.0. The Bertz CT molecular complexity index is 3120. The summed E-state index contributed by atoms with van der Waals surface area (Å²) >= 11 is 0. The largest absolute Gasteiger partial charge is 0.355 e. The second-order valence-electron chi connectivity index (χ2n) is 17.7. The van der Waals surface area contributed by atoms with E-state index in [-0.39, 0.29) is 83.8 Å². The van der Waals surface area contributed by atoms with Crippen molar-refractivity contribution < 1.29 is 43.2 Å². The molecule has 0 saturated carbocycles. The summed E-state index contributed by atoms with van der Waals surface area (Å²) in [6.45, 7) is 2.82. The lowest BCUT2D eigenvalue weighted by Crippen LogP contribution is -2.34. The summed E-state index contributed by atoms with van der Waals surface area (Å²) in [6, 6.07) is 7.51. The molecule has 0 aliphatic heterocycles. The zero-order valence-corrected chi connectivity index (χ0v) is 42.6. The van der Waals surface area contributed by atoms with Crippen LogP contribution in [0.5, 0.6) is 0 Å². The van der Waals surface area contributed by atoms with Crippen LogP contribution in [0.3, 0.4) is 0 Å². The predicted octanol–water partition coefficient (Wildman–Crippen LogP) is 2.03. The van der Waals surface area contributed by atoms with Crippen LogP contribution >= 0.6 is 0 Å². The molecule has 6 aromatic heterocycles. The Kier molecular flexibility index (Phi) is 17.4. The highest BCUT2D eigenvalue weighted by Crippen LogP contribution is 2.22. The summed E-state index contributed by atoms with van der Waals surface area (Å²) < 4.78 is 9.15. The summed E-state index contributed by atoms with van der Waals surface area (Å²) in [6.07, 6.45) is 9.80. The number of hydrogen-bond acceptors (Lipinski definition) is 11. The summed E-state index contributed by atoms with van der Waals surface area (Å²) in [5, 5.41) is 24.6. The van der Waals surface area contributed by atoms with Gasteiger partial charge >= 0.3 is 0 Å². The number of carbonyl (C=O) groups excluding carboxylic acids is 9. The first kappa shape index (κ1) is 54.1. The van der Waals surface area contributed by atoms with Crippen LogP contribution in [0.4, 0.5) is 34.3 Å². The fraction of sp³-hybridized carbons (Fsp3) is 0.333.